The summed E-state index contributed by atoms with van der Waals surface area (Å²) in [6.45, 7) is 6.41. The summed E-state index contributed by atoms with van der Waals surface area (Å²) in [4.78, 5) is 15.1. The first-order valence-electron chi connectivity index (χ1n) is 8.96. The molecule has 3 saturated heterocycles. The first-order valence-corrected chi connectivity index (χ1v) is 8.96. The third-order valence-electron chi connectivity index (χ3n) is 5.74. The molecular weight excluding hydrogens is 286 g/mol. The van der Waals surface area contributed by atoms with E-state index in [1.807, 2.05) is 11.9 Å². The van der Waals surface area contributed by atoms with Crippen molar-refractivity contribution in [3.8, 4) is 0 Å². The number of piperidine rings is 3. The van der Waals surface area contributed by atoms with Crippen LogP contribution in [0.2, 0.25) is 0 Å². The molecule has 2 atom stereocenters. The van der Waals surface area contributed by atoms with Gasteiger partial charge in [-0.1, -0.05) is 38.1 Å². The van der Waals surface area contributed by atoms with Gasteiger partial charge in [-0.3, -0.25) is 9.69 Å². The van der Waals surface area contributed by atoms with Crippen LogP contribution in [0.25, 0.3) is 0 Å². The Morgan fingerprint density at radius 3 is 2.61 bits per heavy atom. The molecule has 0 spiro atoms. The molecule has 23 heavy (non-hydrogen) atoms. The molecule has 5 rings (SSSR count). The standard InChI is InChI=1S/C19H25N3O/c1-3-13-7-5-6-8-15(13)18-19-17(20-22(18)16(23)4-2)14-9-11-21(19)12-10-14/h5-8,14,18-19H,3-4,9-12H2,1-2H3. The summed E-state index contributed by atoms with van der Waals surface area (Å²) in [5, 5.41) is 6.67. The smallest absolute Gasteiger partial charge is 0.243 e. The number of hydrogen-bond acceptors (Lipinski definition) is 3. The lowest BCUT2D eigenvalue weighted by atomic mass is 9.77. The van der Waals surface area contributed by atoms with Crippen LogP contribution in [-0.4, -0.2) is 40.7 Å². The van der Waals surface area contributed by atoms with E-state index < -0.39 is 0 Å². The van der Waals surface area contributed by atoms with Crippen LogP contribution in [0.4, 0.5) is 0 Å². The molecule has 122 valence electrons. The summed E-state index contributed by atoms with van der Waals surface area (Å²) in [7, 11) is 0. The maximum absolute atomic E-state index is 12.6. The molecule has 0 N–H and O–H groups in total. The molecule has 2 bridgehead atoms. The minimum Gasteiger partial charge on any atom is -0.293 e. The van der Waals surface area contributed by atoms with Crippen molar-refractivity contribution in [1.29, 1.82) is 0 Å². The maximum atomic E-state index is 12.6. The molecule has 4 aliphatic rings. The Hall–Kier alpha value is -1.68. The second-order valence-corrected chi connectivity index (χ2v) is 6.87. The van der Waals surface area contributed by atoms with Crippen LogP contribution in [0.1, 0.15) is 50.3 Å². The van der Waals surface area contributed by atoms with E-state index >= 15 is 0 Å². The molecule has 3 fully saturated rings. The van der Waals surface area contributed by atoms with Crippen molar-refractivity contribution in [3.05, 3.63) is 35.4 Å². The third-order valence-corrected chi connectivity index (χ3v) is 5.74. The van der Waals surface area contributed by atoms with Gasteiger partial charge in [0.1, 0.15) is 6.04 Å². The van der Waals surface area contributed by atoms with Gasteiger partial charge in [-0.25, -0.2) is 5.01 Å². The molecule has 4 nitrogen and oxygen atoms in total. The van der Waals surface area contributed by atoms with Crippen molar-refractivity contribution in [2.75, 3.05) is 13.1 Å². The molecule has 1 amide bonds. The number of benzene rings is 1. The van der Waals surface area contributed by atoms with Crippen molar-refractivity contribution in [1.82, 2.24) is 9.91 Å². The molecule has 4 heterocycles. The van der Waals surface area contributed by atoms with E-state index in [9.17, 15) is 4.79 Å². The predicted octanol–water partition coefficient (Wildman–Crippen LogP) is 2.99. The van der Waals surface area contributed by atoms with E-state index in [1.165, 1.54) is 29.7 Å². The number of rotatable bonds is 3. The summed E-state index contributed by atoms with van der Waals surface area (Å²) in [6, 6.07) is 8.94. The van der Waals surface area contributed by atoms with Gasteiger partial charge >= 0.3 is 0 Å². The van der Waals surface area contributed by atoms with Gasteiger partial charge in [-0.05, 0) is 43.5 Å². The van der Waals surface area contributed by atoms with Gasteiger partial charge in [0.15, 0.2) is 0 Å². The average Bonchev–Trinajstić information content (AvgIpc) is 3.04. The van der Waals surface area contributed by atoms with Gasteiger partial charge in [-0.15, -0.1) is 0 Å². The van der Waals surface area contributed by atoms with E-state index in [4.69, 9.17) is 5.10 Å². The SMILES string of the molecule is CCC(=O)N1N=C2C3CCN(CC3)C2C1c1ccccc1CC. The fourth-order valence-corrected chi connectivity index (χ4v) is 4.54. The van der Waals surface area contributed by atoms with Crippen molar-refractivity contribution >= 4 is 11.6 Å². The van der Waals surface area contributed by atoms with Crippen LogP contribution >= 0.6 is 0 Å². The minimum absolute atomic E-state index is 0.0664. The van der Waals surface area contributed by atoms with E-state index in [-0.39, 0.29) is 11.9 Å². The van der Waals surface area contributed by atoms with E-state index in [2.05, 4.69) is 36.1 Å². The molecule has 1 aromatic rings. The highest BCUT2D eigenvalue weighted by molar-refractivity contribution is 5.97. The summed E-state index contributed by atoms with van der Waals surface area (Å²) in [5.41, 5.74) is 3.89. The Labute approximate surface area is 138 Å². The zero-order chi connectivity index (χ0) is 16.0. The van der Waals surface area contributed by atoms with Crippen molar-refractivity contribution in [2.45, 2.75) is 51.6 Å². The van der Waals surface area contributed by atoms with Crippen LogP contribution in [0.15, 0.2) is 29.4 Å². The molecule has 1 aromatic carbocycles. The van der Waals surface area contributed by atoms with Gasteiger partial charge in [0.05, 0.1) is 11.8 Å². The van der Waals surface area contributed by atoms with Crippen LogP contribution < -0.4 is 0 Å². The van der Waals surface area contributed by atoms with Crippen molar-refractivity contribution < 1.29 is 4.79 Å². The Morgan fingerprint density at radius 1 is 1.17 bits per heavy atom. The summed E-state index contributed by atoms with van der Waals surface area (Å²) >= 11 is 0. The number of nitrogens with zero attached hydrogens (tertiary/aromatic N) is 3. The van der Waals surface area contributed by atoms with Crippen LogP contribution in [-0.2, 0) is 11.2 Å². The highest BCUT2D eigenvalue weighted by Gasteiger charge is 2.51. The van der Waals surface area contributed by atoms with Crippen molar-refractivity contribution in [3.63, 3.8) is 0 Å². The molecule has 4 aliphatic heterocycles. The molecule has 2 unspecified atom stereocenters. The highest BCUT2D eigenvalue weighted by atomic mass is 16.2. The molecule has 0 radical (unpaired) electrons. The summed E-state index contributed by atoms with van der Waals surface area (Å²) in [5.74, 6) is 0.722. The number of amides is 1. The lowest BCUT2D eigenvalue weighted by Crippen LogP contribution is -2.56. The second kappa shape index (κ2) is 5.75. The third kappa shape index (κ3) is 2.23. The predicted molar refractivity (Wildman–Crippen MR) is 91.2 cm³/mol. The van der Waals surface area contributed by atoms with Gasteiger partial charge in [-0.2, -0.15) is 5.10 Å². The summed E-state index contributed by atoms with van der Waals surface area (Å²) in [6.07, 6.45) is 3.91. The average molecular weight is 311 g/mol. The number of carbonyl (C=O) groups is 1. The summed E-state index contributed by atoms with van der Waals surface area (Å²) < 4.78 is 0. The molecule has 0 aromatic heterocycles. The fourth-order valence-electron chi connectivity index (χ4n) is 4.54. The number of hydrogen-bond donors (Lipinski definition) is 0. The first-order chi connectivity index (χ1) is 11.2. The number of carbonyl (C=O) groups excluding carboxylic acids is 1. The van der Waals surface area contributed by atoms with E-state index in [1.54, 1.807) is 0 Å². The Balaban J connectivity index is 1.80. The molecule has 4 heteroatoms. The van der Waals surface area contributed by atoms with Crippen LogP contribution in [0, 0.1) is 5.92 Å². The van der Waals surface area contributed by atoms with Gasteiger partial charge in [0.2, 0.25) is 5.91 Å². The van der Waals surface area contributed by atoms with Crippen LogP contribution in [0.5, 0.6) is 0 Å². The molecular formula is C19H25N3O. The van der Waals surface area contributed by atoms with Gasteiger partial charge in [0.25, 0.3) is 0 Å². The largest absolute Gasteiger partial charge is 0.293 e. The first kappa shape index (κ1) is 14.9. The quantitative estimate of drug-likeness (QED) is 0.860. The number of fused-ring (bicyclic) bond motifs is 2. The van der Waals surface area contributed by atoms with E-state index in [0.717, 1.165) is 19.5 Å². The van der Waals surface area contributed by atoms with Crippen LogP contribution in [0.3, 0.4) is 0 Å². The second-order valence-electron chi connectivity index (χ2n) is 6.87. The van der Waals surface area contributed by atoms with Crippen molar-refractivity contribution in [2.24, 2.45) is 11.0 Å². The molecule has 0 aliphatic carbocycles. The normalized spacial score (nSPS) is 31.9. The Kier molecular flexibility index (Phi) is 3.72. The van der Waals surface area contributed by atoms with Gasteiger partial charge < -0.3 is 0 Å². The zero-order valence-electron chi connectivity index (χ0n) is 14.0. The number of aryl methyl sites for hydroxylation is 1. The Bertz CT molecular complexity index is 646. The van der Waals surface area contributed by atoms with E-state index in [0.29, 0.717) is 18.4 Å². The maximum Gasteiger partial charge on any atom is 0.243 e. The van der Waals surface area contributed by atoms with Gasteiger partial charge in [0, 0.05) is 12.3 Å². The topological polar surface area (TPSA) is 35.9 Å². The lowest BCUT2D eigenvalue weighted by Gasteiger charge is -2.46. The Morgan fingerprint density at radius 2 is 1.91 bits per heavy atom. The molecule has 0 saturated carbocycles. The monoisotopic (exact) mass is 311 g/mol. The number of hydrazone groups is 1. The fraction of sp³-hybridized carbons (Fsp3) is 0.579. The lowest BCUT2D eigenvalue weighted by molar-refractivity contribution is -0.133. The zero-order valence-corrected chi connectivity index (χ0v) is 14.0. The highest BCUT2D eigenvalue weighted by Crippen LogP contribution is 2.44. The minimum atomic E-state index is 0.0664.